The molecule has 1 N–H and O–H groups in total. The molecule has 0 aliphatic heterocycles. The van der Waals surface area contributed by atoms with Gasteiger partial charge >= 0.3 is 6.18 Å². The van der Waals surface area contributed by atoms with Crippen molar-refractivity contribution in [2.75, 3.05) is 11.9 Å². The van der Waals surface area contributed by atoms with Crippen LogP contribution in [0.5, 0.6) is 0 Å². The Labute approximate surface area is 108 Å². The van der Waals surface area contributed by atoms with Crippen LogP contribution in [0.1, 0.15) is 11.4 Å². The molecule has 0 radical (unpaired) electrons. The van der Waals surface area contributed by atoms with Gasteiger partial charge in [0.15, 0.2) is 0 Å². The second kappa shape index (κ2) is 5.29. The molecule has 0 bridgehead atoms. The van der Waals surface area contributed by atoms with Crippen LogP contribution < -0.4 is 5.32 Å². The summed E-state index contributed by atoms with van der Waals surface area (Å²) in [6.45, 7) is 0.471. The lowest BCUT2D eigenvalue weighted by Gasteiger charge is -2.09. The summed E-state index contributed by atoms with van der Waals surface area (Å²) in [4.78, 5) is 7.98. The third-order valence-corrected chi connectivity index (χ3v) is 2.66. The Hall–Kier alpha value is -2.05. The minimum absolute atomic E-state index is 0.212. The molecule has 0 fully saturated rings. The number of anilines is 1. The second-order valence-electron chi connectivity index (χ2n) is 4.06. The highest BCUT2D eigenvalue weighted by Gasteiger charge is 2.30. The van der Waals surface area contributed by atoms with Gasteiger partial charge in [-0.25, -0.2) is 9.97 Å². The topological polar surface area (TPSA) is 42.7 Å². The number of nitrogens with one attached hydrogen (secondary N) is 1. The van der Waals surface area contributed by atoms with Gasteiger partial charge in [0.2, 0.25) is 0 Å². The second-order valence-corrected chi connectivity index (χ2v) is 4.06. The predicted molar refractivity (Wildman–Crippen MR) is 64.6 cm³/mol. The molecule has 0 spiro atoms. The molecule has 2 heterocycles. The first-order valence-corrected chi connectivity index (χ1v) is 5.70. The third kappa shape index (κ3) is 3.46. The molecule has 0 aliphatic carbocycles. The van der Waals surface area contributed by atoms with Gasteiger partial charge in [-0.15, -0.1) is 0 Å². The van der Waals surface area contributed by atoms with Crippen molar-refractivity contribution < 1.29 is 13.2 Å². The Morgan fingerprint density at radius 1 is 1.26 bits per heavy atom. The lowest BCUT2D eigenvalue weighted by molar-refractivity contribution is -0.137. The Morgan fingerprint density at radius 3 is 2.68 bits per heavy atom. The summed E-state index contributed by atoms with van der Waals surface area (Å²) in [5.41, 5.74) is -0.706. The highest BCUT2D eigenvalue weighted by atomic mass is 19.4. The first-order chi connectivity index (χ1) is 8.97. The van der Waals surface area contributed by atoms with Gasteiger partial charge in [-0.1, -0.05) is 0 Å². The van der Waals surface area contributed by atoms with E-state index in [0.29, 0.717) is 13.0 Å². The lowest BCUT2D eigenvalue weighted by Crippen LogP contribution is -2.11. The zero-order chi connectivity index (χ0) is 13.9. The van der Waals surface area contributed by atoms with Crippen LogP contribution in [-0.2, 0) is 19.6 Å². The molecule has 2 aromatic heterocycles. The van der Waals surface area contributed by atoms with E-state index in [4.69, 9.17) is 0 Å². The summed E-state index contributed by atoms with van der Waals surface area (Å²) in [6, 6.07) is 1.95. The fraction of sp³-hybridized carbons (Fsp3) is 0.333. The van der Waals surface area contributed by atoms with Crippen molar-refractivity contribution in [1.82, 2.24) is 14.5 Å². The highest BCUT2D eigenvalue weighted by Crippen LogP contribution is 2.29. The van der Waals surface area contributed by atoms with Crippen LogP contribution in [0.25, 0.3) is 0 Å². The van der Waals surface area contributed by atoms with Crippen molar-refractivity contribution in [2.24, 2.45) is 7.05 Å². The van der Waals surface area contributed by atoms with E-state index in [2.05, 4.69) is 15.3 Å². The minimum Gasteiger partial charge on any atom is -0.370 e. The average Bonchev–Trinajstić information content (AvgIpc) is 2.75. The Balaban J connectivity index is 1.95. The van der Waals surface area contributed by atoms with Crippen molar-refractivity contribution in [2.45, 2.75) is 12.6 Å². The maximum atomic E-state index is 12.5. The maximum absolute atomic E-state index is 12.5. The molecule has 0 saturated carbocycles. The molecule has 0 amide bonds. The van der Waals surface area contributed by atoms with Gasteiger partial charge in [0.05, 0.1) is 5.56 Å². The molecule has 19 heavy (non-hydrogen) atoms. The van der Waals surface area contributed by atoms with Crippen molar-refractivity contribution in [3.63, 3.8) is 0 Å². The summed E-state index contributed by atoms with van der Waals surface area (Å²) in [5.74, 6) is 1.07. The van der Waals surface area contributed by atoms with E-state index in [0.717, 1.165) is 24.2 Å². The van der Waals surface area contributed by atoms with Crippen molar-refractivity contribution in [3.05, 3.63) is 42.1 Å². The molecule has 4 nitrogen and oxygen atoms in total. The number of nitrogens with zero attached hydrogens (tertiary/aromatic N) is 3. The number of hydrogen-bond acceptors (Lipinski definition) is 3. The number of pyridine rings is 1. The molecular formula is C12H13F3N4. The number of hydrogen-bond donors (Lipinski definition) is 1. The number of aryl methyl sites for hydroxylation is 1. The number of imidazole rings is 1. The lowest BCUT2D eigenvalue weighted by atomic mass is 10.2. The van der Waals surface area contributed by atoms with Crippen LogP contribution in [0.2, 0.25) is 0 Å². The molecule has 102 valence electrons. The van der Waals surface area contributed by atoms with Gasteiger partial charge in [0.25, 0.3) is 0 Å². The summed E-state index contributed by atoms with van der Waals surface area (Å²) in [5, 5.41) is 2.86. The summed E-state index contributed by atoms with van der Waals surface area (Å²) in [7, 11) is 1.87. The van der Waals surface area contributed by atoms with Gasteiger partial charge in [0.1, 0.15) is 11.6 Å². The van der Waals surface area contributed by atoms with E-state index in [1.807, 2.05) is 17.8 Å². The number of alkyl halides is 3. The van der Waals surface area contributed by atoms with Gasteiger partial charge in [0, 0.05) is 38.6 Å². The molecule has 2 aromatic rings. The molecule has 0 unspecified atom stereocenters. The molecular weight excluding hydrogens is 257 g/mol. The van der Waals surface area contributed by atoms with E-state index >= 15 is 0 Å². The van der Waals surface area contributed by atoms with Crippen molar-refractivity contribution >= 4 is 5.82 Å². The predicted octanol–water partition coefficient (Wildman–Crippen LogP) is 2.49. The van der Waals surface area contributed by atoms with Gasteiger partial charge < -0.3 is 9.88 Å². The summed E-state index contributed by atoms with van der Waals surface area (Å²) in [6.07, 6.45) is 0.905. The maximum Gasteiger partial charge on any atom is 0.416 e. The Morgan fingerprint density at radius 2 is 2.05 bits per heavy atom. The van der Waals surface area contributed by atoms with Crippen LogP contribution in [0, 0.1) is 0 Å². The summed E-state index contributed by atoms with van der Waals surface area (Å²) >= 11 is 0. The Bertz CT molecular complexity index is 548. The third-order valence-electron chi connectivity index (χ3n) is 2.66. The average molecular weight is 270 g/mol. The molecule has 0 aliphatic rings. The molecule has 7 heteroatoms. The summed E-state index contributed by atoms with van der Waals surface area (Å²) < 4.78 is 39.4. The first kappa shape index (κ1) is 13.4. The standard InChI is InChI=1S/C12H13F3N4/c1-19-7-6-18-11(19)3-5-17-10-8-9(2-4-16-10)12(13,14)15/h2,4,6-8H,3,5H2,1H3,(H,16,17). The van der Waals surface area contributed by atoms with E-state index in [-0.39, 0.29) is 5.82 Å². The van der Waals surface area contributed by atoms with Crippen LogP contribution in [0.3, 0.4) is 0 Å². The van der Waals surface area contributed by atoms with Crippen LogP contribution in [0.15, 0.2) is 30.7 Å². The van der Waals surface area contributed by atoms with Crippen LogP contribution in [0.4, 0.5) is 19.0 Å². The van der Waals surface area contributed by atoms with E-state index in [1.54, 1.807) is 6.20 Å². The van der Waals surface area contributed by atoms with E-state index < -0.39 is 11.7 Å². The largest absolute Gasteiger partial charge is 0.416 e. The van der Waals surface area contributed by atoms with Crippen LogP contribution in [-0.4, -0.2) is 21.1 Å². The zero-order valence-electron chi connectivity index (χ0n) is 10.3. The monoisotopic (exact) mass is 270 g/mol. The van der Waals surface area contributed by atoms with Gasteiger partial charge in [-0.2, -0.15) is 13.2 Å². The van der Waals surface area contributed by atoms with Crippen molar-refractivity contribution in [3.8, 4) is 0 Å². The number of rotatable bonds is 4. The van der Waals surface area contributed by atoms with E-state index in [9.17, 15) is 13.2 Å². The fourth-order valence-corrected chi connectivity index (χ4v) is 1.64. The van der Waals surface area contributed by atoms with Gasteiger partial charge in [-0.3, -0.25) is 0 Å². The molecule has 0 saturated heterocycles. The Kier molecular flexibility index (Phi) is 3.73. The van der Waals surface area contributed by atoms with E-state index in [1.165, 1.54) is 0 Å². The molecule has 2 rings (SSSR count). The van der Waals surface area contributed by atoms with Crippen molar-refractivity contribution in [1.29, 1.82) is 0 Å². The minimum atomic E-state index is -4.35. The normalized spacial score (nSPS) is 11.6. The van der Waals surface area contributed by atoms with Gasteiger partial charge in [-0.05, 0) is 12.1 Å². The van der Waals surface area contributed by atoms with Crippen LogP contribution >= 0.6 is 0 Å². The fourth-order valence-electron chi connectivity index (χ4n) is 1.64. The first-order valence-electron chi connectivity index (χ1n) is 5.70. The number of aromatic nitrogens is 3. The molecule has 0 aromatic carbocycles. The zero-order valence-corrected chi connectivity index (χ0v) is 10.3. The smallest absolute Gasteiger partial charge is 0.370 e. The highest BCUT2D eigenvalue weighted by molar-refractivity contribution is 5.38. The number of halogens is 3. The SMILES string of the molecule is Cn1ccnc1CCNc1cc(C(F)(F)F)ccn1. The molecule has 0 atom stereocenters. The quantitative estimate of drug-likeness (QED) is 0.928.